The lowest BCUT2D eigenvalue weighted by atomic mass is 10.2. The van der Waals surface area contributed by atoms with Crippen molar-refractivity contribution in [3.63, 3.8) is 0 Å². The Morgan fingerprint density at radius 3 is 2.45 bits per heavy atom. The van der Waals surface area contributed by atoms with Gasteiger partial charge >= 0.3 is 0 Å². The molecule has 0 atom stereocenters. The van der Waals surface area contributed by atoms with E-state index in [0.29, 0.717) is 13.1 Å². The Hall–Kier alpha value is -1.11. The minimum atomic E-state index is -3.66. The molecule has 1 saturated heterocycles. The van der Waals surface area contributed by atoms with E-state index in [4.69, 9.17) is 16.3 Å². The molecule has 0 radical (unpaired) electrons. The van der Waals surface area contributed by atoms with Gasteiger partial charge in [0.1, 0.15) is 10.6 Å². The Balaban J connectivity index is 2.48. The molecule has 20 heavy (non-hydrogen) atoms. The average molecular weight is 318 g/mol. The van der Waals surface area contributed by atoms with Crippen molar-refractivity contribution in [2.45, 2.75) is 24.2 Å². The van der Waals surface area contributed by atoms with Gasteiger partial charge < -0.3 is 4.74 Å². The van der Waals surface area contributed by atoms with Gasteiger partial charge in [0.15, 0.2) is 0 Å². The summed E-state index contributed by atoms with van der Waals surface area (Å²) in [6.07, 6.45) is 2.72. The van der Waals surface area contributed by atoms with Crippen molar-refractivity contribution in [3.05, 3.63) is 23.8 Å². The van der Waals surface area contributed by atoms with E-state index in [1.165, 1.54) is 29.6 Å². The fourth-order valence-electron chi connectivity index (χ4n) is 2.24. The highest BCUT2D eigenvalue weighted by Gasteiger charge is 2.29. The molecule has 1 fully saturated rings. The van der Waals surface area contributed by atoms with Crippen molar-refractivity contribution < 1.29 is 17.9 Å². The number of hydrogen-bond donors (Lipinski definition) is 0. The molecule has 2 rings (SSSR count). The van der Waals surface area contributed by atoms with Crippen molar-refractivity contribution >= 4 is 26.9 Å². The molecular weight excluding hydrogens is 302 g/mol. The fourth-order valence-corrected chi connectivity index (χ4v) is 4.06. The number of nitrogens with zero attached hydrogens (tertiary/aromatic N) is 1. The maximum atomic E-state index is 12.6. The van der Waals surface area contributed by atoms with Gasteiger partial charge in [-0.2, -0.15) is 4.31 Å². The zero-order valence-corrected chi connectivity index (χ0v) is 12.7. The third-order valence-corrected chi connectivity index (χ3v) is 5.46. The van der Waals surface area contributed by atoms with Crippen LogP contribution in [-0.4, -0.2) is 38.2 Å². The van der Waals surface area contributed by atoms with Crippen LogP contribution in [0, 0.1) is 0 Å². The van der Waals surface area contributed by atoms with Gasteiger partial charge in [-0.25, -0.2) is 8.42 Å². The number of piperidine rings is 1. The van der Waals surface area contributed by atoms with Crippen LogP contribution in [0.4, 0.5) is 0 Å². The maximum absolute atomic E-state index is 12.6. The van der Waals surface area contributed by atoms with Gasteiger partial charge in [0, 0.05) is 18.7 Å². The van der Waals surface area contributed by atoms with Gasteiger partial charge in [-0.1, -0.05) is 6.42 Å². The Morgan fingerprint density at radius 2 is 1.90 bits per heavy atom. The summed E-state index contributed by atoms with van der Waals surface area (Å²) >= 11 is 5.42. The first-order valence-electron chi connectivity index (χ1n) is 6.35. The van der Waals surface area contributed by atoms with Gasteiger partial charge in [0.05, 0.1) is 7.11 Å². The molecular formula is C13H16ClNO4S. The topological polar surface area (TPSA) is 63.7 Å². The van der Waals surface area contributed by atoms with Gasteiger partial charge in [0.2, 0.25) is 10.0 Å². The van der Waals surface area contributed by atoms with Gasteiger partial charge in [-0.05, 0) is 42.6 Å². The molecule has 0 N–H and O–H groups in total. The number of methoxy groups -OCH3 is 1. The van der Waals surface area contributed by atoms with Crippen molar-refractivity contribution in [2.24, 2.45) is 0 Å². The van der Waals surface area contributed by atoms with E-state index in [1.807, 2.05) is 0 Å². The minimum absolute atomic E-state index is 0.00611. The summed E-state index contributed by atoms with van der Waals surface area (Å²) in [7, 11) is -2.27. The van der Waals surface area contributed by atoms with Crippen LogP contribution in [0.25, 0.3) is 0 Å². The molecule has 1 heterocycles. The normalized spacial score (nSPS) is 16.9. The first-order chi connectivity index (χ1) is 9.46. The number of halogens is 1. The van der Waals surface area contributed by atoms with Crippen LogP contribution in [0.1, 0.15) is 29.6 Å². The highest BCUT2D eigenvalue weighted by atomic mass is 35.5. The first-order valence-corrected chi connectivity index (χ1v) is 8.16. The van der Waals surface area contributed by atoms with Crippen LogP contribution in [0.5, 0.6) is 5.75 Å². The largest absolute Gasteiger partial charge is 0.495 e. The van der Waals surface area contributed by atoms with Gasteiger partial charge in [0.25, 0.3) is 5.24 Å². The molecule has 110 valence electrons. The van der Waals surface area contributed by atoms with Crippen molar-refractivity contribution in [1.82, 2.24) is 4.31 Å². The van der Waals surface area contributed by atoms with Crippen molar-refractivity contribution in [2.75, 3.05) is 20.2 Å². The summed E-state index contributed by atoms with van der Waals surface area (Å²) in [5.74, 6) is 0.220. The zero-order chi connectivity index (χ0) is 14.8. The second-order valence-corrected chi connectivity index (χ2v) is 6.85. The lowest BCUT2D eigenvalue weighted by molar-refractivity contribution is 0.108. The van der Waals surface area contributed by atoms with Crippen molar-refractivity contribution in [3.8, 4) is 5.75 Å². The molecule has 0 aliphatic carbocycles. The fraction of sp³-hybridized carbons (Fsp3) is 0.462. The van der Waals surface area contributed by atoms with Crippen LogP contribution in [-0.2, 0) is 10.0 Å². The summed E-state index contributed by atoms with van der Waals surface area (Å²) < 4.78 is 31.8. The monoisotopic (exact) mass is 317 g/mol. The third kappa shape index (κ3) is 2.97. The molecule has 1 aliphatic rings. The molecule has 0 saturated carbocycles. The summed E-state index contributed by atoms with van der Waals surface area (Å²) in [4.78, 5) is 11.2. The Labute approximate surface area is 123 Å². The van der Waals surface area contributed by atoms with E-state index in [9.17, 15) is 13.2 Å². The second kappa shape index (κ2) is 6.11. The Kier molecular flexibility index (Phi) is 4.67. The predicted octanol–water partition coefficient (Wildman–Crippen LogP) is 2.25. The van der Waals surface area contributed by atoms with Crippen molar-refractivity contribution in [1.29, 1.82) is 0 Å². The number of benzene rings is 1. The van der Waals surface area contributed by atoms with Crippen LogP contribution >= 0.6 is 11.6 Å². The quantitative estimate of drug-likeness (QED) is 0.799. The van der Waals surface area contributed by atoms with E-state index in [0.717, 1.165) is 19.3 Å². The number of rotatable bonds is 4. The van der Waals surface area contributed by atoms with E-state index in [-0.39, 0.29) is 16.2 Å². The minimum Gasteiger partial charge on any atom is -0.495 e. The smallest absolute Gasteiger partial charge is 0.252 e. The lowest BCUT2D eigenvalue weighted by Crippen LogP contribution is -2.35. The highest BCUT2D eigenvalue weighted by molar-refractivity contribution is 7.89. The van der Waals surface area contributed by atoms with Gasteiger partial charge in [-0.3, -0.25) is 4.79 Å². The molecule has 7 heteroatoms. The summed E-state index contributed by atoms with van der Waals surface area (Å²) in [5, 5.41) is -0.692. The summed E-state index contributed by atoms with van der Waals surface area (Å²) in [5.41, 5.74) is 0.142. The first kappa shape index (κ1) is 15.3. The van der Waals surface area contributed by atoms with E-state index in [1.54, 1.807) is 0 Å². The summed E-state index contributed by atoms with van der Waals surface area (Å²) in [6, 6.07) is 4.17. The number of hydrogen-bond acceptors (Lipinski definition) is 4. The number of carbonyl (C=O) groups is 1. The SMILES string of the molecule is COc1ccc(C(=O)Cl)cc1S(=O)(=O)N1CCCCC1. The van der Waals surface area contributed by atoms with Gasteiger partial charge in [-0.15, -0.1) is 0 Å². The molecule has 1 aromatic rings. The van der Waals surface area contributed by atoms with E-state index >= 15 is 0 Å². The maximum Gasteiger partial charge on any atom is 0.252 e. The van der Waals surface area contributed by atoms with Crippen LogP contribution < -0.4 is 4.74 Å². The summed E-state index contributed by atoms with van der Waals surface area (Å²) in [6.45, 7) is 0.981. The Bertz CT molecular complexity index is 609. The molecule has 5 nitrogen and oxygen atoms in total. The predicted molar refractivity (Wildman–Crippen MR) is 75.8 cm³/mol. The van der Waals surface area contributed by atoms with E-state index in [2.05, 4.69) is 0 Å². The molecule has 0 amide bonds. The Morgan fingerprint density at radius 1 is 1.25 bits per heavy atom. The standard InChI is InChI=1S/C13H16ClNO4S/c1-19-11-6-5-10(13(14)16)9-12(11)20(17,18)15-7-3-2-4-8-15/h5-6,9H,2-4,7-8H2,1H3. The van der Waals surface area contributed by atoms with Crippen LogP contribution in [0.3, 0.4) is 0 Å². The average Bonchev–Trinajstić information content (AvgIpc) is 2.47. The second-order valence-electron chi connectivity index (χ2n) is 4.60. The molecule has 0 bridgehead atoms. The van der Waals surface area contributed by atoms with Crippen LogP contribution in [0.2, 0.25) is 0 Å². The van der Waals surface area contributed by atoms with Crippen LogP contribution in [0.15, 0.2) is 23.1 Å². The molecule has 1 aliphatic heterocycles. The lowest BCUT2D eigenvalue weighted by Gasteiger charge is -2.26. The van der Waals surface area contributed by atoms with E-state index < -0.39 is 15.3 Å². The number of ether oxygens (including phenoxy) is 1. The zero-order valence-electron chi connectivity index (χ0n) is 11.1. The molecule has 1 aromatic carbocycles. The number of sulfonamides is 1. The highest BCUT2D eigenvalue weighted by Crippen LogP contribution is 2.29. The molecule has 0 aromatic heterocycles. The molecule has 0 spiro atoms. The molecule has 0 unspecified atom stereocenters. The third-order valence-electron chi connectivity index (χ3n) is 3.32. The number of carbonyl (C=O) groups excluding carboxylic acids is 1.